The molecule has 0 aliphatic rings. The molecule has 2 rings (SSSR count). The van der Waals surface area contributed by atoms with Crippen molar-refractivity contribution in [3.05, 3.63) is 59.7 Å². The lowest BCUT2D eigenvalue weighted by atomic mass is 10.2. The van der Waals surface area contributed by atoms with Crippen LogP contribution in [-0.4, -0.2) is 7.05 Å². The Labute approximate surface area is 104 Å². The molecule has 0 amide bonds. The molecule has 0 saturated heterocycles. The van der Waals surface area contributed by atoms with Crippen LogP contribution in [0.25, 0.3) is 0 Å². The molecule has 0 saturated carbocycles. The average molecular weight is 249 g/mol. The predicted molar refractivity (Wildman–Crippen MR) is 65.6 cm³/mol. The number of hydrogen-bond acceptors (Lipinski definition) is 2. The first-order chi connectivity index (χ1) is 8.69. The molecular weight excluding hydrogens is 236 g/mol. The van der Waals surface area contributed by atoms with Crippen molar-refractivity contribution in [1.29, 1.82) is 0 Å². The molecule has 0 spiro atoms. The van der Waals surface area contributed by atoms with E-state index in [0.717, 1.165) is 23.8 Å². The van der Waals surface area contributed by atoms with Crippen LogP contribution in [0.15, 0.2) is 42.5 Å². The molecule has 0 unspecified atom stereocenters. The predicted octanol–water partition coefficient (Wildman–Crippen LogP) is 3.48. The van der Waals surface area contributed by atoms with Crippen LogP contribution in [0, 0.1) is 11.6 Å². The summed E-state index contributed by atoms with van der Waals surface area (Å²) < 4.78 is 31.7. The third-order valence-electron chi connectivity index (χ3n) is 2.40. The van der Waals surface area contributed by atoms with E-state index in [1.807, 2.05) is 13.1 Å². The fourth-order valence-corrected chi connectivity index (χ4v) is 1.61. The van der Waals surface area contributed by atoms with Gasteiger partial charge in [0, 0.05) is 12.6 Å². The summed E-state index contributed by atoms with van der Waals surface area (Å²) in [5.74, 6) is -0.753. The minimum Gasteiger partial charge on any atom is -0.454 e. The van der Waals surface area contributed by atoms with E-state index in [4.69, 9.17) is 4.74 Å². The van der Waals surface area contributed by atoms with Crippen LogP contribution in [0.3, 0.4) is 0 Å². The summed E-state index contributed by atoms with van der Waals surface area (Å²) in [6, 6.07) is 10.3. The zero-order chi connectivity index (χ0) is 13.0. The van der Waals surface area contributed by atoms with Gasteiger partial charge in [0.2, 0.25) is 0 Å². The Hall–Kier alpha value is -1.94. The van der Waals surface area contributed by atoms with Gasteiger partial charge in [0.15, 0.2) is 11.6 Å². The maximum atomic E-state index is 13.4. The van der Waals surface area contributed by atoms with Crippen LogP contribution in [0.5, 0.6) is 11.5 Å². The molecule has 0 aliphatic heterocycles. The van der Waals surface area contributed by atoms with Crippen LogP contribution in [0.2, 0.25) is 0 Å². The minimum absolute atomic E-state index is 0.114. The third kappa shape index (κ3) is 3.05. The van der Waals surface area contributed by atoms with Gasteiger partial charge in [-0.3, -0.25) is 0 Å². The monoisotopic (exact) mass is 249 g/mol. The van der Waals surface area contributed by atoms with Crippen molar-refractivity contribution < 1.29 is 13.5 Å². The first-order valence-electron chi connectivity index (χ1n) is 5.55. The molecule has 94 valence electrons. The van der Waals surface area contributed by atoms with Gasteiger partial charge in [0.1, 0.15) is 11.6 Å². The third-order valence-corrected chi connectivity index (χ3v) is 2.40. The second-order valence-corrected chi connectivity index (χ2v) is 3.85. The smallest absolute Gasteiger partial charge is 0.165 e. The lowest BCUT2D eigenvalue weighted by molar-refractivity contribution is 0.436. The van der Waals surface area contributed by atoms with Crippen molar-refractivity contribution in [3.8, 4) is 11.5 Å². The van der Waals surface area contributed by atoms with Crippen molar-refractivity contribution in [2.24, 2.45) is 0 Å². The van der Waals surface area contributed by atoms with Gasteiger partial charge in [-0.2, -0.15) is 0 Å². The molecule has 0 bridgehead atoms. The van der Waals surface area contributed by atoms with E-state index in [0.29, 0.717) is 12.3 Å². The maximum absolute atomic E-state index is 13.4. The van der Waals surface area contributed by atoms with Crippen LogP contribution in [-0.2, 0) is 6.54 Å². The Balaban J connectivity index is 2.22. The van der Waals surface area contributed by atoms with Gasteiger partial charge in [0.05, 0.1) is 0 Å². The Morgan fingerprint density at radius 1 is 1.11 bits per heavy atom. The molecule has 0 atom stereocenters. The highest BCUT2D eigenvalue weighted by atomic mass is 19.1. The molecule has 0 fully saturated rings. The molecule has 2 aromatic rings. The molecule has 18 heavy (non-hydrogen) atoms. The number of benzene rings is 2. The molecule has 2 nitrogen and oxygen atoms in total. The Bertz CT molecular complexity index is 543. The highest BCUT2D eigenvalue weighted by Gasteiger charge is 2.06. The summed E-state index contributed by atoms with van der Waals surface area (Å²) in [5.41, 5.74) is 1.01. The summed E-state index contributed by atoms with van der Waals surface area (Å²) >= 11 is 0. The summed E-state index contributed by atoms with van der Waals surface area (Å²) in [6.07, 6.45) is 0. The highest BCUT2D eigenvalue weighted by Crippen LogP contribution is 2.25. The number of nitrogens with one attached hydrogen (secondary N) is 1. The van der Waals surface area contributed by atoms with Crippen molar-refractivity contribution in [1.82, 2.24) is 5.32 Å². The fraction of sp³-hybridized carbons (Fsp3) is 0.143. The number of halogens is 2. The van der Waals surface area contributed by atoms with E-state index >= 15 is 0 Å². The van der Waals surface area contributed by atoms with E-state index in [-0.39, 0.29) is 5.75 Å². The summed E-state index contributed by atoms with van der Waals surface area (Å²) in [4.78, 5) is 0. The van der Waals surface area contributed by atoms with Crippen LogP contribution in [0.4, 0.5) is 8.78 Å². The topological polar surface area (TPSA) is 21.3 Å². The molecule has 1 N–H and O–H groups in total. The Morgan fingerprint density at radius 2 is 1.94 bits per heavy atom. The van der Waals surface area contributed by atoms with E-state index in [1.165, 1.54) is 0 Å². The average Bonchev–Trinajstić information content (AvgIpc) is 2.35. The summed E-state index contributed by atoms with van der Waals surface area (Å²) in [5, 5.41) is 3.01. The van der Waals surface area contributed by atoms with Gasteiger partial charge >= 0.3 is 0 Å². The highest BCUT2D eigenvalue weighted by molar-refractivity contribution is 5.34. The lowest BCUT2D eigenvalue weighted by Crippen LogP contribution is -2.04. The number of hydrogen-bond donors (Lipinski definition) is 1. The lowest BCUT2D eigenvalue weighted by Gasteiger charge is -2.08. The largest absolute Gasteiger partial charge is 0.454 e. The zero-order valence-corrected chi connectivity index (χ0v) is 9.91. The van der Waals surface area contributed by atoms with Gasteiger partial charge in [0.25, 0.3) is 0 Å². The molecule has 0 radical (unpaired) electrons. The van der Waals surface area contributed by atoms with E-state index < -0.39 is 11.6 Å². The Kier molecular flexibility index (Phi) is 3.89. The van der Waals surface area contributed by atoms with E-state index in [2.05, 4.69) is 5.32 Å². The normalized spacial score (nSPS) is 10.4. The molecule has 0 aliphatic carbocycles. The first kappa shape index (κ1) is 12.5. The molecular formula is C14H13F2NO. The zero-order valence-electron chi connectivity index (χ0n) is 9.91. The second kappa shape index (κ2) is 5.60. The van der Waals surface area contributed by atoms with Crippen LogP contribution < -0.4 is 10.1 Å². The first-order valence-corrected chi connectivity index (χ1v) is 5.55. The molecule has 2 aromatic carbocycles. The molecule has 0 aromatic heterocycles. The summed E-state index contributed by atoms with van der Waals surface area (Å²) in [7, 11) is 1.83. The molecule has 0 heterocycles. The second-order valence-electron chi connectivity index (χ2n) is 3.85. The van der Waals surface area contributed by atoms with Crippen molar-refractivity contribution in [2.75, 3.05) is 7.05 Å². The number of rotatable bonds is 4. The standard InChI is InChI=1S/C14H13F2NO/c1-17-9-10-3-2-4-12(7-10)18-14-8-11(15)5-6-13(14)16/h2-8,17H,9H2,1H3. The Morgan fingerprint density at radius 3 is 2.72 bits per heavy atom. The summed E-state index contributed by atoms with van der Waals surface area (Å²) in [6.45, 7) is 0.683. The van der Waals surface area contributed by atoms with Crippen molar-refractivity contribution in [2.45, 2.75) is 6.54 Å². The van der Waals surface area contributed by atoms with E-state index in [9.17, 15) is 8.78 Å². The van der Waals surface area contributed by atoms with Gasteiger partial charge in [-0.25, -0.2) is 8.78 Å². The van der Waals surface area contributed by atoms with Gasteiger partial charge in [-0.05, 0) is 36.9 Å². The van der Waals surface area contributed by atoms with Crippen molar-refractivity contribution in [3.63, 3.8) is 0 Å². The van der Waals surface area contributed by atoms with Crippen LogP contribution >= 0.6 is 0 Å². The van der Waals surface area contributed by atoms with Crippen molar-refractivity contribution >= 4 is 0 Å². The fourth-order valence-electron chi connectivity index (χ4n) is 1.61. The number of ether oxygens (including phenoxy) is 1. The van der Waals surface area contributed by atoms with E-state index in [1.54, 1.807) is 18.2 Å². The van der Waals surface area contributed by atoms with Gasteiger partial charge in [-0.15, -0.1) is 0 Å². The van der Waals surface area contributed by atoms with Gasteiger partial charge in [-0.1, -0.05) is 12.1 Å². The van der Waals surface area contributed by atoms with Crippen LogP contribution in [0.1, 0.15) is 5.56 Å². The SMILES string of the molecule is CNCc1cccc(Oc2cc(F)ccc2F)c1. The van der Waals surface area contributed by atoms with Gasteiger partial charge < -0.3 is 10.1 Å². The molecule has 4 heteroatoms. The maximum Gasteiger partial charge on any atom is 0.165 e. The minimum atomic E-state index is -0.588. The quantitative estimate of drug-likeness (QED) is 0.895.